The summed E-state index contributed by atoms with van der Waals surface area (Å²) in [5, 5.41) is 10.9. The van der Waals surface area contributed by atoms with E-state index in [0.717, 1.165) is 12.8 Å². The van der Waals surface area contributed by atoms with E-state index in [1.54, 1.807) is 0 Å². The van der Waals surface area contributed by atoms with E-state index in [1.807, 2.05) is 0 Å². The van der Waals surface area contributed by atoms with E-state index in [9.17, 15) is 9.59 Å². The third-order valence-electron chi connectivity index (χ3n) is 2.51. The number of carboxylic acid groups (broad SMARTS) is 1. The number of H-pyrrole nitrogens is 1. The number of nitrogens with two attached hydrogens (primary N) is 1. The highest BCUT2D eigenvalue weighted by molar-refractivity contribution is 5.73. The molecule has 6 nitrogen and oxygen atoms in total. The molecule has 4 N–H and O–H groups in total. The second kappa shape index (κ2) is 3.54. The van der Waals surface area contributed by atoms with Gasteiger partial charge in [0.15, 0.2) is 0 Å². The Labute approximate surface area is 85.0 Å². The van der Waals surface area contributed by atoms with Crippen LogP contribution in [0.3, 0.4) is 0 Å². The van der Waals surface area contributed by atoms with Crippen LogP contribution in [0, 0.1) is 0 Å². The Balaban J connectivity index is 2.22. The van der Waals surface area contributed by atoms with Crippen LogP contribution in [-0.2, 0) is 11.2 Å². The van der Waals surface area contributed by atoms with E-state index >= 15 is 0 Å². The number of carbonyl (C=O) groups is 1. The lowest BCUT2D eigenvalue weighted by Crippen LogP contribution is -2.34. The lowest BCUT2D eigenvalue weighted by Gasteiger charge is -2.03. The maximum atomic E-state index is 11.3. The standard InChI is InChI=1S/C9H12N2O4/c10-6(9(13)14)3-5-7(4-1-2-4)15-11-8(5)12/h4,6H,1-3,10H2,(H,11,12)(H,13,14). The molecule has 82 valence electrons. The molecule has 1 aromatic rings. The van der Waals surface area contributed by atoms with E-state index in [-0.39, 0.29) is 17.9 Å². The van der Waals surface area contributed by atoms with Crippen molar-refractivity contribution in [1.82, 2.24) is 5.16 Å². The Morgan fingerprint density at radius 2 is 2.33 bits per heavy atom. The quantitative estimate of drug-likeness (QED) is 0.640. The maximum absolute atomic E-state index is 11.3. The molecule has 0 aromatic carbocycles. The van der Waals surface area contributed by atoms with E-state index in [0.29, 0.717) is 11.3 Å². The minimum Gasteiger partial charge on any atom is -0.480 e. The molecule has 1 heterocycles. The lowest BCUT2D eigenvalue weighted by molar-refractivity contribution is -0.138. The SMILES string of the molecule is NC(Cc1c(C2CC2)o[nH]c1=O)C(=O)O. The van der Waals surface area contributed by atoms with Crippen LogP contribution >= 0.6 is 0 Å². The summed E-state index contributed by atoms with van der Waals surface area (Å²) < 4.78 is 5.01. The topological polar surface area (TPSA) is 109 Å². The van der Waals surface area contributed by atoms with Gasteiger partial charge in [0.05, 0.1) is 5.56 Å². The molecule has 2 rings (SSSR count). The molecule has 1 aromatic heterocycles. The van der Waals surface area contributed by atoms with Gasteiger partial charge in [-0.3, -0.25) is 9.59 Å². The van der Waals surface area contributed by atoms with Crippen molar-refractivity contribution < 1.29 is 14.4 Å². The van der Waals surface area contributed by atoms with Crippen LogP contribution in [0.15, 0.2) is 9.32 Å². The zero-order valence-electron chi connectivity index (χ0n) is 8.03. The molecule has 0 radical (unpaired) electrons. The summed E-state index contributed by atoms with van der Waals surface area (Å²) in [5.41, 5.74) is 5.39. The minimum atomic E-state index is -1.11. The highest BCUT2D eigenvalue weighted by Gasteiger charge is 2.32. The van der Waals surface area contributed by atoms with Crippen LogP contribution in [0.2, 0.25) is 0 Å². The molecule has 0 bridgehead atoms. The number of aliphatic carboxylic acids is 1. The predicted octanol–water partition coefficient (Wildman–Crippen LogP) is -0.200. The van der Waals surface area contributed by atoms with E-state index in [1.165, 1.54) is 0 Å². The first-order chi connectivity index (χ1) is 7.09. The molecular weight excluding hydrogens is 200 g/mol. The second-order valence-electron chi connectivity index (χ2n) is 3.80. The monoisotopic (exact) mass is 212 g/mol. The summed E-state index contributed by atoms with van der Waals surface area (Å²) in [6.07, 6.45) is 1.99. The summed E-state index contributed by atoms with van der Waals surface area (Å²) in [6.45, 7) is 0. The third-order valence-corrected chi connectivity index (χ3v) is 2.51. The number of rotatable bonds is 4. The molecule has 0 saturated heterocycles. The maximum Gasteiger partial charge on any atom is 0.320 e. The van der Waals surface area contributed by atoms with Gasteiger partial charge >= 0.3 is 5.97 Å². The molecule has 0 amide bonds. The molecule has 15 heavy (non-hydrogen) atoms. The zero-order chi connectivity index (χ0) is 11.0. The fourth-order valence-corrected chi connectivity index (χ4v) is 1.51. The molecule has 1 aliphatic carbocycles. The number of carboxylic acids is 1. The highest BCUT2D eigenvalue weighted by Crippen LogP contribution is 2.40. The third kappa shape index (κ3) is 1.94. The van der Waals surface area contributed by atoms with Crippen LogP contribution < -0.4 is 11.3 Å². The molecule has 1 aliphatic rings. The summed E-state index contributed by atoms with van der Waals surface area (Å²) in [5.74, 6) is -0.269. The van der Waals surface area contributed by atoms with Crippen LogP contribution in [0.5, 0.6) is 0 Å². The Morgan fingerprint density at radius 3 is 2.87 bits per heavy atom. The Bertz CT molecular complexity index is 430. The van der Waals surface area contributed by atoms with Crippen LogP contribution in [0.1, 0.15) is 30.1 Å². The van der Waals surface area contributed by atoms with Gasteiger partial charge in [0, 0.05) is 12.3 Å². The first-order valence-electron chi connectivity index (χ1n) is 4.78. The molecule has 0 spiro atoms. The Hall–Kier alpha value is -1.56. The average molecular weight is 212 g/mol. The molecular formula is C9H12N2O4. The molecule has 0 aliphatic heterocycles. The summed E-state index contributed by atoms with van der Waals surface area (Å²) in [7, 11) is 0. The van der Waals surface area contributed by atoms with Gasteiger partial charge < -0.3 is 15.4 Å². The number of aromatic nitrogens is 1. The molecule has 1 atom stereocenters. The molecule has 1 fully saturated rings. The fourth-order valence-electron chi connectivity index (χ4n) is 1.51. The largest absolute Gasteiger partial charge is 0.480 e. The predicted molar refractivity (Wildman–Crippen MR) is 50.6 cm³/mol. The van der Waals surface area contributed by atoms with Crippen molar-refractivity contribution in [2.45, 2.75) is 31.2 Å². The lowest BCUT2D eigenvalue weighted by atomic mass is 10.1. The van der Waals surface area contributed by atoms with Gasteiger partial charge in [0.2, 0.25) is 0 Å². The second-order valence-corrected chi connectivity index (χ2v) is 3.80. The van der Waals surface area contributed by atoms with Gasteiger partial charge in [-0.15, -0.1) is 0 Å². The summed E-state index contributed by atoms with van der Waals surface area (Å²) in [6, 6.07) is -1.05. The fraction of sp³-hybridized carbons (Fsp3) is 0.556. The number of aromatic amines is 1. The van der Waals surface area contributed by atoms with Gasteiger partial charge in [-0.05, 0) is 12.8 Å². The van der Waals surface area contributed by atoms with Gasteiger partial charge in [-0.1, -0.05) is 0 Å². The van der Waals surface area contributed by atoms with Crippen molar-refractivity contribution >= 4 is 5.97 Å². The molecule has 1 saturated carbocycles. The van der Waals surface area contributed by atoms with Crippen molar-refractivity contribution in [2.24, 2.45) is 5.73 Å². The van der Waals surface area contributed by atoms with Gasteiger partial charge in [0.25, 0.3) is 5.56 Å². The number of nitrogens with one attached hydrogen (secondary N) is 1. The van der Waals surface area contributed by atoms with E-state index < -0.39 is 12.0 Å². The van der Waals surface area contributed by atoms with Crippen molar-refractivity contribution in [3.8, 4) is 0 Å². The van der Waals surface area contributed by atoms with Gasteiger partial charge in [0.1, 0.15) is 11.8 Å². The van der Waals surface area contributed by atoms with Crippen molar-refractivity contribution in [1.29, 1.82) is 0 Å². The first-order valence-corrected chi connectivity index (χ1v) is 4.78. The summed E-state index contributed by atoms with van der Waals surface area (Å²) >= 11 is 0. The van der Waals surface area contributed by atoms with Crippen LogP contribution in [-0.4, -0.2) is 22.3 Å². The Kier molecular flexibility index (Phi) is 2.36. The normalized spacial score (nSPS) is 17.7. The first kappa shape index (κ1) is 9.97. The van der Waals surface area contributed by atoms with E-state index in [4.69, 9.17) is 15.4 Å². The highest BCUT2D eigenvalue weighted by atomic mass is 16.5. The van der Waals surface area contributed by atoms with Crippen molar-refractivity contribution in [3.05, 3.63) is 21.7 Å². The average Bonchev–Trinajstić information content (AvgIpc) is 2.95. The minimum absolute atomic E-state index is 0.0208. The van der Waals surface area contributed by atoms with Gasteiger partial charge in [-0.25, -0.2) is 0 Å². The van der Waals surface area contributed by atoms with Crippen molar-refractivity contribution in [3.63, 3.8) is 0 Å². The van der Waals surface area contributed by atoms with Crippen LogP contribution in [0.25, 0.3) is 0 Å². The number of hydrogen-bond acceptors (Lipinski definition) is 4. The molecule has 6 heteroatoms. The smallest absolute Gasteiger partial charge is 0.320 e. The van der Waals surface area contributed by atoms with Crippen molar-refractivity contribution in [2.75, 3.05) is 0 Å². The Morgan fingerprint density at radius 1 is 1.67 bits per heavy atom. The summed E-state index contributed by atoms with van der Waals surface area (Å²) in [4.78, 5) is 21.9. The van der Waals surface area contributed by atoms with Gasteiger partial charge in [-0.2, -0.15) is 5.16 Å². The number of hydrogen-bond donors (Lipinski definition) is 3. The molecule has 1 unspecified atom stereocenters. The van der Waals surface area contributed by atoms with E-state index in [2.05, 4.69) is 5.16 Å². The zero-order valence-corrected chi connectivity index (χ0v) is 8.03. The van der Waals surface area contributed by atoms with Crippen LogP contribution in [0.4, 0.5) is 0 Å².